The van der Waals surface area contributed by atoms with Crippen molar-refractivity contribution >= 4 is 5.91 Å². The molecule has 0 heterocycles. The molecule has 0 unspecified atom stereocenters. The van der Waals surface area contributed by atoms with Crippen molar-refractivity contribution in [2.75, 3.05) is 13.6 Å². The summed E-state index contributed by atoms with van der Waals surface area (Å²) in [4.78, 5) is 13.5. The first-order valence-corrected chi connectivity index (χ1v) is 5.33. The fraction of sp³-hybridized carbons (Fsp3) is 0.417. The van der Waals surface area contributed by atoms with Crippen LogP contribution in [0.4, 0.5) is 0 Å². The number of nitrogens with zero attached hydrogens (tertiary/aromatic N) is 1. The lowest BCUT2D eigenvalue weighted by atomic mass is 10.1. The van der Waals surface area contributed by atoms with Crippen molar-refractivity contribution in [3.8, 4) is 11.5 Å². The van der Waals surface area contributed by atoms with Gasteiger partial charge in [-0.1, -0.05) is 13.3 Å². The molecule has 0 aliphatic carbocycles. The number of benzene rings is 1. The molecule has 1 amide bonds. The number of phenols is 2. The van der Waals surface area contributed by atoms with E-state index in [4.69, 9.17) is 5.11 Å². The molecule has 0 radical (unpaired) electrons. The normalized spacial score (nSPS) is 10.1. The molecule has 0 aromatic heterocycles. The zero-order valence-electron chi connectivity index (χ0n) is 9.60. The van der Waals surface area contributed by atoms with Crippen LogP contribution >= 0.6 is 0 Å². The maximum absolute atomic E-state index is 11.8. The topological polar surface area (TPSA) is 60.8 Å². The van der Waals surface area contributed by atoms with Gasteiger partial charge in [-0.25, -0.2) is 0 Å². The van der Waals surface area contributed by atoms with Gasteiger partial charge in [-0.05, 0) is 24.6 Å². The van der Waals surface area contributed by atoms with Gasteiger partial charge in [0.1, 0.15) is 0 Å². The third kappa shape index (κ3) is 2.89. The number of carbonyl (C=O) groups excluding carboxylic acids is 1. The molecule has 16 heavy (non-hydrogen) atoms. The number of phenolic OH excluding ortho intramolecular Hbond substituents is 2. The molecule has 2 N–H and O–H groups in total. The molecule has 4 nitrogen and oxygen atoms in total. The molecule has 88 valence electrons. The lowest BCUT2D eigenvalue weighted by molar-refractivity contribution is 0.0793. The number of hydrogen-bond donors (Lipinski definition) is 2. The molecule has 0 aliphatic heterocycles. The quantitative estimate of drug-likeness (QED) is 0.767. The van der Waals surface area contributed by atoms with E-state index < -0.39 is 0 Å². The van der Waals surface area contributed by atoms with Crippen molar-refractivity contribution in [1.29, 1.82) is 0 Å². The van der Waals surface area contributed by atoms with Crippen LogP contribution in [-0.2, 0) is 0 Å². The van der Waals surface area contributed by atoms with E-state index in [0.29, 0.717) is 12.1 Å². The second kappa shape index (κ2) is 5.39. The van der Waals surface area contributed by atoms with E-state index in [-0.39, 0.29) is 17.4 Å². The van der Waals surface area contributed by atoms with Crippen LogP contribution < -0.4 is 0 Å². The van der Waals surface area contributed by atoms with Gasteiger partial charge < -0.3 is 15.1 Å². The van der Waals surface area contributed by atoms with Crippen molar-refractivity contribution in [3.05, 3.63) is 23.8 Å². The Morgan fingerprint density at radius 2 is 2.00 bits per heavy atom. The Bertz CT molecular complexity index is 377. The summed E-state index contributed by atoms with van der Waals surface area (Å²) < 4.78 is 0. The summed E-state index contributed by atoms with van der Waals surface area (Å²) in [5, 5.41) is 18.4. The minimum atomic E-state index is -0.269. The van der Waals surface area contributed by atoms with Gasteiger partial charge >= 0.3 is 0 Å². The minimum Gasteiger partial charge on any atom is -0.504 e. The van der Waals surface area contributed by atoms with E-state index in [0.717, 1.165) is 12.8 Å². The van der Waals surface area contributed by atoms with Crippen LogP contribution in [0.15, 0.2) is 18.2 Å². The largest absolute Gasteiger partial charge is 0.504 e. The standard InChI is InChI=1S/C12H17NO3/c1-3-4-7-13(2)12(16)9-5-6-10(14)11(15)8-9/h5-6,8,14-15H,3-4,7H2,1-2H3. The number of aromatic hydroxyl groups is 2. The van der Waals surface area contributed by atoms with Gasteiger partial charge in [-0.15, -0.1) is 0 Å². The zero-order valence-corrected chi connectivity index (χ0v) is 9.60. The highest BCUT2D eigenvalue weighted by atomic mass is 16.3. The van der Waals surface area contributed by atoms with Crippen LogP contribution in [0.5, 0.6) is 11.5 Å². The first-order valence-electron chi connectivity index (χ1n) is 5.33. The number of hydrogen-bond acceptors (Lipinski definition) is 3. The van der Waals surface area contributed by atoms with Crippen LogP contribution in [0.25, 0.3) is 0 Å². The van der Waals surface area contributed by atoms with E-state index in [1.165, 1.54) is 18.2 Å². The minimum absolute atomic E-state index is 0.149. The average Bonchev–Trinajstić information content (AvgIpc) is 2.28. The first-order chi connectivity index (χ1) is 7.56. The predicted molar refractivity (Wildman–Crippen MR) is 61.6 cm³/mol. The summed E-state index contributed by atoms with van der Waals surface area (Å²) in [6.07, 6.45) is 1.98. The van der Waals surface area contributed by atoms with Crippen LogP contribution in [0.2, 0.25) is 0 Å². The van der Waals surface area contributed by atoms with Crippen LogP contribution in [0.1, 0.15) is 30.1 Å². The summed E-state index contributed by atoms with van der Waals surface area (Å²) in [6, 6.07) is 4.09. The SMILES string of the molecule is CCCCN(C)C(=O)c1ccc(O)c(O)c1. The Hall–Kier alpha value is -1.71. The van der Waals surface area contributed by atoms with Gasteiger partial charge in [0.2, 0.25) is 0 Å². The van der Waals surface area contributed by atoms with Gasteiger partial charge in [-0.3, -0.25) is 4.79 Å². The van der Waals surface area contributed by atoms with Crippen molar-refractivity contribution in [2.45, 2.75) is 19.8 Å². The van der Waals surface area contributed by atoms with E-state index >= 15 is 0 Å². The van der Waals surface area contributed by atoms with Gasteiger partial charge in [0.05, 0.1) is 0 Å². The lowest BCUT2D eigenvalue weighted by Gasteiger charge is -2.16. The molecule has 0 spiro atoms. The van der Waals surface area contributed by atoms with Crippen LogP contribution in [0.3, 0.4) is 0 Å². The summed E-state index contributed by atoms with van der Waals surface area (Å²) in [7, 11) is 1.72. The number of amides is 1. The van der Waals surface area contributed by atoms with Crippen molar-refractivity contribution in [3.63, 3.8) is 0 Å². The fourth-order valence-electron chi connectivity index (χ4n) is 1.37. The zero-order chi connectivity index (χ0) is 12.1. The van der Waals surface area contributed by atoms with Crippen LogP contribution in [0, 0.1) is 0 Å². The summed E-state index contributed by atoms with van der Waals surface area (Å²) >= 11 is 0. The molecule has 0 saturated carbocycles. The Labute approximate surface area is 95.1 Å². The lowest BCUT2D eigenvalue weighted by Crippen LogP contribution is -2.27. The molecule has 1 aromatic rings. The van der Waals surface area contributed by atoms with E-state index in [9.17, 15) is 9.90 Å². The van der Waals surface area contributed by atoms with Gasteiger partial charge in [0, 0.05) is 19.2 Å². The van der Waals surface area contributed by atoms with Crippen molar-refractivity contribution < 1.29 is 15.0 Å². The molecule has 0 fully saturated rings. The van der Waals surface area contributed by atoms with Gasteiger partial charge in [0.25, 0.3) is 5.91 Å². The number of unbranched alkanes of at least 4 members (excludes halogenated alkanes) is 1. The van der Waals surface area contributed by atoms with Gasteiger partial charge in [-0.2, -0.15) is 0 Å². The number of rotatable bonds is 4. The highest BCUT2D eigenvalue weighted by molar-refractivity contribution is 5.94. The second-order valence-electron chi connectivity index (χ2n) is 3.78. The predicted octanol–water partition coefficient (Wildman–Crippen LogP) is 1.97. The van der Waals surface area contributed by atoms with Crippen LogP contribution in [-0.4, -0.2) is 34.6 Å². The molecular weight excluding hydrogens is 206 g/mol. The smallest absolute Gasteiger partial charge is 0.253 e. The average molecular weight is 223 g/mol. The third-order valence-corrected chi connectivity index (χ3v) is 2.42. The highest BCUT2D eigenvalue weighted by Gasteiger charge is 2.12. The Morgan fingerprint density at radius 1 is 1.31 bits per heavy atom. The second-order valence-corrected chi connectivity index (χ2v) is 3.78. The van der Waals surface area contributed by atoms with E-state index in [2.05, 4.69) is 6.92 Å². The first kappa shape index (κ1) is 12.4. The summed E-state index contributed by atoms with van der Waals surface area (Å²) in [5.41, 5.74) is 0.383. The third-order valence-electron chi connectivity index (χ3n) is 2.42. The molecule has 1 rings (SSSR count). The van der Waals surface area contributed by atoms with Crippen molar-refractivity contribution in [1.82, 2.24) is 4.90 Å². The Balaban J connectivity index is 2.76. The van der Waals surface area contributed by atoms with Gasteiger partial charge in [0.15, 0.2) is 11.5 Å². The maximum Gasteiger partial charge on any atom is 0.253 e. The molecular formula is C12H17NO3. The highest BCUT2D eigenvalue weighted by Crippen LogP contribution is 2.25. The Kier molecular flexibility index (Phi) is 4.17. The maximum atomic E-state index is 11.8. The molecule has 0 aliphatic rings. The summed E-state index contributed by atoms with van der Waals surface area (Å²) in [6.45, 7) is 2.75. The van der Waals surface area contributed by atoms with Crippen molar-refractivity contribution in [2.24, 2.45) is 0 Å². The summed E-state index contributed by atoms with van der Waals surface area (Å²) in [5.74, 6) is -0.633. The molecule has 0 saturated heterocycles. The molecule has 0 bridgehead atoms. The Morgan fingerprint density at radius 3 is 2.56 bits per heavy atom. The molecule has 0 atom stereocenters. The number of carbonyl (C=O) groups is 1. The molecule has 1 aromatic carbocycles. The van der Waals surface area contributed by atoms with E-state index in [1.807, 2.05) is 0 Å². The van der Waals surface area contributed by atoms with E-state index in [1.54, 1.807) is 11.9 Å². The monoisotopic (exact) mass is 223 g/mol. The molecule has 4 heteroatoms. The fourth-order valence-corrected chi connectivity index (χ4v) is 1.37.